The summed E-state index contributed by atoms with van der Waals surface area (Å²) < 4.78 is 1.22. The van der Waals surface area contributed by atoms with Gasteiger partial charge in [0.15, 0.2) is 0 Å². The fraction of sp³-hybridized carbons (Fsp3) is 0.733. The Morgan fingerprint density at radius 3 is 2.42 bits per heavy atom. The van der Waals surface area contributed by atoms with Crippen LogP contribution in [-0.4, -0.2) is 31.1 Å². The predicted molar refractivity (Wildman–Crippen MR) is 89.8 cm³/mol. The van der Waals surface area contributed by atoms with Gasteiger partial charge >= 0.3 is 0 Å². The molecule has 2 nitrogen and oxygen atoms in total. The first-order valence-corrected chi connectivity index (χ1v) is 8.71. The highest BCUT2D eigenvalue weighted by Crippen LogP contribution is 2.22. The fourth-order valence-electron chi connectivity index (χ4n) is 2.25. The van der Waals surface area contributed by atoms with Crippen molar-refractivity contribution in [3.63, 3.8) is 0 Å². The zero-order valence-corrected chi connectivity index (χ0v) is 15.1. The third kappa shape index (κ3) is 6.39. The third-order valence-corrected chi connectivity index (χ3v) is 4.85. The molecular weight excluding hydrogens is 320 g/mol. The van der Waals surface area contributed by atoms with E-state index in [1.165, 1.54) is 9.35 Å². The Bertz CT molecular complexity index is 363. The van der Waals surface area contributed by atoms with Crippen LogP contribution in [-0.2, 0) is 6.54 Å². The van der Waals surface area contributed by atoms with E-state index in [9.17, 15) is 0 Å². The van der Waals surface area contributed by atoms with E-state index in [2.05, 4.69) is 72.3 Å². The van der Waals surface area contributed by atoms with Crippen LogP contribution in [0, 0.1) is 11.8 Å². The number of halogens is 1. The quantitative estimate of drug-likeness (QED) is 0.758. The minimum absolute atomic E-state index is 0.581. The molecule has 110 valence electrons. The summed E-state index contributed by atoms with van der Waals surface area (Å²) in [5.74, 6) is 1.37. The van der Waals surface area contributed by atoms with E-state index >= 15 is 0 Å². The van der Waals surface area contributed by atoms with Crippen molar-refractivity contribution in [1.29, 1.82) is 0 Å². The number of hydrogen-bond acceptors (Lipinski definition) is 3. The molecule has 0 aromatic carbocycles. The van der Waals surface area contributed by atoms with Gasteiger partial charge in [-0.2, -0.15) is 0 Å². The highest BCUT2D eigenvalue weighted by molar-refractivity contribution is 9.11. The van der Waals surface area contributed by atoms with Crippen molar-refractivity contribution in [2.24, 2.45) is 11.8 Å². The first kappa shape index (κ1) is 17.2. The smallest absolute Gasteiger partial charge is 0.0701 e. The maximum absolute atomic E-state index is 3.59. The molecule has 19 heavy (non-hydrogen) atoms. The third-order valence-electron chi connectivity index (χ3n) is 3.30. The summed E-state index contributed by atoms with van der Waals surface area (Å²) in [5.41, 5.74) is 1.40. The molecule has 1 aromatic heterocycles. The molecule has 0 bridgehead atoms. The van der Waals surface area contributed by atoms with E-state index in [0.29, 0.717) is 17.9 Å². The number of nitrogens with one attached hydrogen (secondary N) is 1. The maximum Gasteiger partial charge on any atom is 0.0701 e. The highest BCUT2D eigenvalue weighted by atomic mass is 79.9. The lowest BCUT2D eigenvalue weighted by Gasteiger charge is -2.31. The van der Waals surface area contributed by atoms with Crippen LogP contribution in [0.2, 0.25) is 0 Å². The second kappa shape index (κ2) is 8.40. The summed E-state index contributed by atoms with van der Waals surface area (Å²) in [6.45, 7) is 12.3. The Labute approximate surface area is 130 Å². The van der Waals surface area contributed by atoms with Crippen LogP contribution in [0.15, 0.2) is 15.2 Å². The van der Waals surface area contributed by atoms with Gasteiger partial charge in [0.2, 0.25) is 0 Å². The lowest BCUT2D eigenvalue weighted by atomic mass is 10.0. The van der Waals surface area contributed by atoms with Crippen LogP contribution in [0.4, 0.5) is 0 Å². The highest BCUT2D eigenvalue weighted by Gasteiger charge is 2.18. The van der Waals surface area contributed by atoms with E-state index in [1.807, 2.05) is 0 Å². The van der Waals surface area contributed by atoms with Crippen molar-refractivity contribution < 1.29 is 0 Å². The minimum Gasteiger partial charge on any atom is -0.315 e. The van der Waals surface area contributed by atoms with Gasteiger partial charge in [-0.05, 0) is 58.4 Å². The summed E-state index contributed by atoms with van der Waals surface area (Å²) in [7, 11) is 2.23. The number of hydrogen-bond donors (Lipinski definition) is 1. The second-order valence-corrected chi connectivity index (χ2v) is 8.33. The molecule has 1 aromatic rings. The van der Waals surface area contributed by atoms with Gasteiger partial charge in [0.05, 0.1) is 3.79 Å². The van der Waals surface area contributed by atoms with E-state index < -0.39 is 0 Å². The Morgan fingerprint density at radius 1 is 1.26 bits per heavy atom. The molecule has 0 amide bonds. The summed E-state index contributed by atoms with van der Waals surface area (Å²) >= 11 is 5.30. The van der Waals surface area contributed by atoms with E-state index in [1.54, 1.807) is 11.3 Å². The van der Waals surface area contributed by atoms with E-state index in [0.717, 1.165) is 19.6 Å². The summed E-state index contributed by atoms with van der Waals surface area (Å²) in [6.07, 6.45) is 0. The molecule has 4 heteroatoms. The van der Waals surface area contributed by atoms with Crippen LogP contribution in [0.25, 0.3) is 0 Å². The molecule has 0 aliphatic heterocycles. The molecule has 1 heterocycles. The molecule has 0 saturated heterocycles. The van der Waals surface area contributed by atoms with Gasteiger partial charge in [0.1, 0.15) is 0 Å². The average Bonchev–Trinajstić information content (AvgIpc) is 2.69. The molecule has 1 atom stereocenters. The number of nitrogens with zero attached hydrogens (tertiary/aromatic N) is 1. The van der Waals surface area contributed by atoms with Gasteiger partial charge in [0, 0.05) is 19.1 Å². The van der Waals surface area contributed by atoms with Crippen molar-refractivity contribution in [2.45, 2.75) is 40.3 Å². The molecule has 0 spiro atoms. The topological polar surface area (TPSA) is 15.3 Å². The predicted octanol–water partition coefficient (Wildman–Crippen LogP) is 4.21. The van der Waals surface area contributed by atoms with E-state index in [4.69, 9.17) is 0 Å². The van der Waals surface area contributed by atoms with Gasteiger partial charge in [-0.1, -0.05) is 27.7 Å². The lowest BCUT2D eigenvalue weighted by molar-refractivity contribution is 0.178. The Hall–Kier alpha value is 0.100. The molecule has 0 fully saturated rings. The standard InChI is InChI=1S/C15H27BrN2S/c1-11(2)7-17-8-14(12(3)4)18(5)9-13-6-15(16)19-10-13/h6,10-12,14,17H,7-9H2,1-5H3. The summed E-state index contributed by atoms with van der Waals surface area (Å²) in [6, 6.07) is 2.80. The first-order valence-electron chi connectivity index (χ1n) is 7.04. The molecular formula is C15H27BrN2S. The molecule has 1 N–H and O–H groups in total. The maximum atomic E-state index is 3.59. The van der Waals surface area contributed by atoms with E-state index in [-0.39, 0.29) is 0 Å². The number of likely N-dealkylation sites (N-methyl/N-ethyl adjacent to an activating group) is 1. The zero-order chi connectivity index (χ0) is 14.4. The Morgan fingerprint density at radius 2 is 1.95 bits per heavy atom. The fourth-order valence-corrected chi connectivity index (χ4v) is 3.45. The van der Waals surface area contributed by atoms with Crippen LogP contribution < -0.4 is 5.32 Å². The van der Waals surface area contributed by atoms with Gasteiger partial charge in [-0.3, -0.25) is 4.90 Å². The van der Waals surface area contributed by atoms with Crippen LogP contribution in [0.1, 0.15) is 33.3 Å². The largest absolute Gasteiger partial charge is 0.315 e. The van der Waals surface area contributed by atoms with Crippen molar-refractivity contribution in [3.05, 3.63) is 20.8 Å². The van der Waals surface area contributed by atoms with Crippen molar-refractivity contribution in [3.8, 4) is 0 Å². The number of rotatable bonds is 8. The van der Waals surface area contributed by atoms with Crippen LogP contribution >= 0.6 is 27.3 Å². The SMILES string of the molecule is CC(C)CNCC(C(C)C)N(C)Cc1csc(Br)c1. The lowest BCUT2D eigenvalue weighted by Crippen LogP contribution is -2.43. The Balaban J connectivity index is 2.50. The Kier molecular flexibility index (Phi) is 7.58. The molecule has 1 unspecified atom stereocenters. The zero-order valence-electron chi connectivity index (χ0n) is 12.7. The van der Waals surface area contributed by atoms with Gasteiger partial charge < -0.3 is 5.32 Å². The van der Waals surface area contributed by atoms with Crippen molar-refractivity contribution >= 4 is 27.3 Å². The van der Waals surface area contributed by atoms with Crippen LogP contribution in [0.3, 0.4) is 0 Å². The molecule has 0 aliphatic carbocycles. The minimum atomic E-state index is 0.581. The normalized spacial score (nSPS) is 13.7. The van der Waals surface area contributed by atoms with Crippen LogP contribution in [0.5, 0.6) is 0 Å². The average molecular weight is 347 g/mol. The molecule has 0 aliphatic rings. The first-order chi connectivity index (χ1) is 8.90. The summed E-state index contributed by atoms with van der Waals surface area (Å²) in [4.78, 5) is 2.46. The van der Waals surface area contributed by atoms with Gasteiger partial charge in [-0.25, -0.2) is 0 Å². The molecule has 1 rings (SSSR count). The van der Waals surface area contributed by atoms with Crippen molar-refractivity contribution in [2.75, 3.05) is 20.1 Å². The summed E-state index contributed by atoms with van der Waals surface area (Å²) in [5, 5.41) is 5.83. The molecule has 0 radical (unpaired) electrons. The van der Waals surface area contributed by atoms with Crippen molar-refractivity contribution in [1.82, 2.24) is 10.2 Å². The monoisotopic (exact) mass is 346 g/mol. The second-order valence-electron chi connectivity index (χ2n) is 6.04. The number of thiophene rings is 1. The van der Waals surface area contributed by atoms with Gasteiger partial charge in [-0.15, -0.1) is 11.3 Å². The molecule has 0 saturated carbocycles. The van der Waals surface area contributed by atoms with Gasteiger partial charge in [0.25, 0.3) is 0 Å².